The third-order valence-corrected chi connectivity index (χ3v) is 7.20. The molecule has 0 aromatic heterocycles. The number of benzene rings is 1. The highest BCUT2D eigenvalue weighted by atomic mass is 35.5. The summed E-state index contributed by atoms with van der Waals surface area (Å²) < 4.78 is 0. The summed E-state index contributed by atoms with van der Waals surface area (Å²) in [4.78, 5) is 42.4. The molecule has 1 aromatic carbocycles. The number of hydrogen-bond acceptors (Lipinski definition) is 3. The maximum Gasteiger partial charge on any atom is 0.255 e. The fourth-order valence-corrected chi connectivity index (χ4v) is 5.43. The van der Waals surface area contributed by atoms with Gasteiger partial charge in [0.25, 0.3) is 5.91 Å². The van der Waals surface area contributed by atoms with Crippen molar-refractivity contribution >= 4 is 35.0 Å². The van der Waals surface area contributed by atoms with E-state index in [1.807, 2.05) is 38.7 Å². The molecule has 1 N–H and O–H groups in total. The summed E-state index contributed by atoms with van der Waals surface area (Å²) in [6, 6.07) is 3.94. The van der Waals surface area contributed by atoms with Crippen LogP contribution in [0.5, 0.6) is 0 Å². The molecule has 1 aliphatic heterocycles. The normalized spacial score (nSPS) is 18.3. The second kappa shape index (κ2) is 10.5. The molecule has 0 spiro atoms. The predicted octanol–water partition coefficient (Wildman–Crippen LogP) is 4.96. The van der Waals surface area contributed by atoms with Gasteiger partial charge in [0.1, 0.15) is 0 Å². The maximum atomic E-state index is 13.7. The van der Waals surface area contributed by atoms with E-state index in [0.29, 0.717) is 36.5 Å². The van der Waals surface area contributed by atoms with Crippen LogP contribution in [0.1, 0.15) is 89.1 Å². The predicted molar refractivity (Wildman–Crippen MR) is 133 cm³/mol. The van der Waals surface area contributed by atoms with Crippen molar-refractivity contribution in [2.45, 2.75) is 91.6 Å². The Labute approximate surface area is 203 Å². The van der Waals surface area contributed by atoms with Crippen molar-refractivity contribution in [3.63, 3.8) is 0 Å². The van der Waals surface area contributed by atoms with Crippen molar-refractivity contribution in [2.75, 3.05) is 18.0 Å². The van der Waals surface area contributed by atoms with E-state index in [4.69, 9.17) is 11.6 Å². The number of nitrogens with zero attached hydrogens (tertiary/aromatic N) is 2. The zero-order valence-corrected chi connectivity index (χ0v) is 21.4. The van der Waals surface area contributed by atoms with Crippen molar-refractivity contribution in [3.8, 4) is 0 Å². The standard InChI is InChI=1S/C26H38ClN3O3/c1-6-23(31)28-12-13-29-22-15-20(21(27)14-18(22)16-26(4,5)25(29)33)24(32)30(17(2)3)19-10-8-7-9-11-19/h14-15,17,19H,6-13,16H2,1-5H3,(H,28,31). The fraction of sp³-hybridized carbons (Fsp3) is 0.654. The Morgan fingerprint density at radius 3 is 2.48 bits per heavy atom. The number of hydrogen-bond donors (Lipinski definition) is 1. The first kappa shape index (κ1) is 25.5. The van der Waals surface area contributed by atoms with E-state index in [1.54, 1.807) is 17.9 Å². The average Bonchev–Trinajstić information content (AvgIpc) is 2.76. The molecule has 1 aliphatic carbocycles. The quantitative estimate of drug-likeness (QED) is 0.605. The molecule has 1 heterocycles. The van der Waals surface area contributed by atoms with E-state index in [2.05, 4.69) is 5.32 Å². The van der Waals surface area contributed by atoms with Gasteiger partial charge in [-0.15, -0.1) is 0 Å². The minimum absolute atomic E-state index is 0.00512. The highest BCUT2D eigenvalue weighted by molar-refractivity contribution is 6.34. The van der Waals surface area contributed by atoms with Crippen molar-refractivity contribution in [3.05, 3.63) is 28.3 Å². The molecule has 7 heteroatoms. The Morgan fingerprint density at radius 1 is 1.21 bits per heavy atom. The van der Waals surface area contributed by atoms with Gasteiger partial charge in [0.05, 0.1) is 10.6 Å². The number of rotatable bonds is 7. The van der Waals surface area contributed by atoms with Gasteiger partial charge in [-0.25, -0.2) is 0 Å². The fourth-order valence-electron chi connectivity index (χ4n) is 5.16. The third-order valence-electron chi connectivity index (χ3n) is 6.88. The lowest BCUT2D eigenvalue weighted by atomic mass is 9.79. The van der Waals surface area contributed by atoms with E-state index in [9.17, 15) is 14.4 Å². The van der Waals surface area contributed by atoms with Crippen LogP contribution in [0.4, 0.5) is 5.69 Å². The van der Waals surface area contributed by atoms with Crippen LogP contribution in [0, 0.1) is 5.41 Å². The first-order chi connectivity index (χ1) is 15.6. The number of halogens is 1. The molecular weight excluding hydrogens is 438 g/mol. The molecule has 0 bridgehead atoms. The molecule has 0 saturated heterocycles. The molecule has 2 aliphatic rings. The zero-order valence-electron chi connectivity index (χ0n) is 20.7. The molecule has 182 valence electrons. The highest BCUT2D eigenvalue weighted by Crippen LogP contribution is 2.40. The van der Waals surface area contributed by atoms with Crippen LogP contribution >= 0.6 is 11.6 Å². The Kier molecular flexibility index (Phi) is 8.09. The van der Waals surface area contributed by atoms with Crippen LogP contribution < -0.4 is 10.2 Å². The van der Waals surface area contributed by atoms with Crippen molar-refractivity contribution < 1.29 is 14.4 Å². The molecule has 3 amide bonds. The van der Waals surface area contributed by atoms with Crippen LogP contribution in [-0.2, 0) is 16.0 Å². The summed E-state index contributed by atoms with van der Waals surface area (Å²) in [5.41, 5.74) is 1.55. The molecule has 0 unspecified atom stereocenters. The molecule has 1 saturated carbocycles. The van der Waals surface area contributed by atoms with E-state index in [0.717, 1.165) is 36.9 Å². The number of amides is 3. The van der Waals surface area contributed by atoms with Crippen molar-refractivity contribution in [1.29, 1.82) is 0 Å². The molecular formula is C26H38ClN3O3. The van der Waals surface area contributed by atoms with Crippen molar-refractivity contribution in [1.82, 2.24) is 10.2 Å². The van der Waals surface area contributed by atoms with Gasteiger partial charge in [-0.2, -0.15) is 0 Å². The van der Waals surface area contributed by atoms with E-state index in [1.165, 1.54) is 6.42 Å². The number of anilines is 1. The van der Waals surface area contributed by atoms with Crippen molar-refractivity contribution in [2.24, 2.45) is 5.41 Å². The lowest BCUT2D eigenvalue weighted by Crippen LogP contribution is -2.49. The highest BCUT2D eigenvalue weighted by Gasteiger charge is 2.40. The summed E-state index contributed by atoms with van der Waals surface area (Å²) in [6.45, 7) is 10.5. The van der Waals surface area contributed by atoms with E-state index in [-0.39, 0.29) is 29.8 Å². The summed E-state index contributed by atoms with van der Waals surface area (Å²) in [5, 5.41) is 3.28. The Morgan fingerprint density at radius 2 is 1.88 bits per heavy atom. The molecule has 0 atom stereocenters. The van der Waals surface area contributed by atoms with E-state index < -0.39 is 5.41 Å². The van der Waals surface area contributed by atoms with Crippen LogP contribution in [0.15, 0.2) is 12.1 Å². The molecule has 1 fully saturated rings. The Bertz CT molecular complexity index is 906. The molecule has 3 rings (SSSR count). The minimum atomic E-state index is -0.581. The van der Waals surface area contributed by atoms with Crippen LogP contribution in [0.25, 0.3) is 0 Å². The lowest BCUT2D eigenvalue weighted by Gasteiger charge is -2.40. The molecule has 33 heavy (non-hydrogen) atoms. The number of carbonyl (C=O) groups excluding carboxylic acids is 3. The van der Waals surface area contributed by atoms with Gasteiger partial charge in [0.15, 0.2) is 0 Å². The van der Waals surface area contributed by atoms with Gasteiger partial charge in [-0.1, -0.05) is 51.6 Å². The second-order valence-electron chi connectivity index (χ2n) is 10.3. The molecule has 0 radical (unpaired) electrons. The summed E-state index contributed by atoms with van der Waals surface area (Å²) in [6.07, 6.45) is 6.49. The summed E-state index contributed by atoms with van der Waals surface area (Å²) in [7, 11) is 0. The first-order valence-electron chi connectivity index (χ1n) is 12.3. The monoisotopic (exact) mass is 475 g/mol. The van der Waals surface area contributed by atoms with E-state index >= 15 is 0 Å². The zero-order chi connectivity index (χ0) is 24.3. The van der Waals surface area contributed by atoms with Gasteiger partial charge in [0, 0.05) is 42.7 Å². The largest absolute Gasteiger partial charge is 0.354 e. The minimum Gasteiger partial charge on any atom is -0.354 e. The second-order valence-corrected chi connectivity index (χ2v) is 10.7. The summed E-state index contributed by atoms with van der Waals surface area (Å²) >= 11 is 6.68. The lowest BCUT2D eigenvalue weighted by molar-refractivity contribution is -0.127. The van der Waals surface area contributed by atoms with Gasteiger partial charge in [-0.05, 0) is 50.8 Å². The maximum absolute atomic E-state index is 13.7. The number of fused-ring (bicyclic) bond motifs is 1. The Balaban J connectivity index is 1.96. The number of carbonyl (C=O) groups is 3. The smallest absolute Gasteiger partial charge is 0.255 e. The van der Waals surface area contributed by atoms with Crippen LogP contribution in [0.2, 0.25) is 5.02 Å². The van der Waals surface area contributed by atoms with Gasteiger partial charge >= 0.3 is 0 Å². The van der Waals surface area contributed by atoms with Crippen LogP contribution in [-0.4, -0.2) is 47.8 Å². The molecule has 1 aromatic rings. The average molecular weight is 476 g/mol. The Hall–Kier alpha value is -2.08. The van der Waals surface area contributed by atoms with Gasteiger partial charge < -0.3 is 15.1 Å². The SMILES string of the molecule is CCC(=O)NCCN1C(=O)C(C)(C)Cc2cc(Cl)c(C(=O)N(C(C)C)C3CCCCC3)cc21. The number of nitrogens with one attached hydrogen (secondary N) is 1. The first-order valence-corrected chi connectivity index (χ1v) is 12.7. The third kappa shape index (κ3) is 5.53. The van der Waals surface area contributed by atoms with Gasteiger partial charge in [0.2, 0.25) is 11.8 Å². The van der Waals surface area contributed by atoms with Crippen LogP contribution in [0.3, 0.4) is 0 Å². The summed E-state index contributed by atoms with van der Waals surface area (Å²) in [5.74, 6) is -0.123. The van der Waals surface area contributed by atoms with Gasteiger partial charge in [-0.3, -0.25) is 14.4 Å². The topological polar surface area (TPSA) is 69.7 Å². The molecule has 6 nitrogen and oxygen atoms in total.